The number of hydrogen-bond acceptors (Lipinski definition) is 4. The molecule has 1 aromatic carbocycles. The molecule has 7 nitrogen and oxygen atoms in total. The van der Waals surface area contributed by atoms with E-state index in [1.54, 1.807) is 16.9 Å². The number of carbonyl (C=O) groups excluding carboxylic acids is 2. The molecule has 0 saturated carbocycles. The van der Waals surface area contributed by atoms with E-state index in [0.29, 0.717) is 22.3 Å². The van der Waals surface area contributed by atoms with E-state index in [1.807, 2.05) is 27.7 Å². The van der Waals surface area contributed by atoms with Crippen LogP contribution in [0.25, 0.3) is 11.0 Å². The maximum Gasteiger partial charge on any atom is 0.256 e. The highest BCUT2D eigenvalue weighted by Crippen LogP contribution is 2.26. The van der Waals surface area contributed by atoms with Crippen LogP contribution in [0.1, 0.15) is 62.6 Å². The van der Waals surface area contributed by atoms with Crippen molar-refractivity contribution in [2.45, 2.75) is 46.6 Å². The van der Waals surface area contributed by atoms with E-state index in [0.717, 1.165) is 5.69 Å². The maximum atomic E-state index is 13.9. The van der Waals surface area contributed by atoms with Crippen LogP contribution < -0.4 is 10.6 Å². The van der Waals surface area contributed by atoms with Gasteiger partial charge in [-0.25, -0.2) is 14.1 Å². The number of anilines is 2. The SMILES string of the molecule is CC(=O)Nc1cc(NC(=O)c2cc(C(C)C)nc3c2cnn3C(C)C)ccc1F. The molecule has 152 valence electrons. The van der Waals surface area contributed by atoms with Crippen LogP contribution in [0.3, 0.4) is 0 Å². The van der Waals surface area contributed by atoms with Gasteiger partial charge in [-0.2, -0.15) is 5.10 Å². The van der Waals surface area contributed by atoms with Crippen molar-refractivity contribution in [3.05, 3.63) is 47.5 Å². The number of halogens is 1. The summed E-state index contributed by atoms with van der Waals surface area (Å²) in [6.07, 6.45) is 1.63. The van der Waals surface area contributed by atoms with Crippen molar-refractivity contribution in [2.24, 2.45) is 0 Å². The molecule has 0 spiro atoms. The second-order valence-corrected chi connectivity index (χ2v) is 7.50. The van der Waals surface area contributed by atoms with Crippen LogP contribution in [-0.2, 0) is 4.79 Å². The summed E-state index contributed by atoms with van der Waals surface area (Å²) >= 11 is 0. The van der Waals surface area contributed by atoms with Crippen molar-refractivity contribution in [2.75, 3.05) is 10.6 Å². The maximum absolute atomic E-state index is 13.9. The molecule has 0 bridgehead atoms. The van der Waals surface area contributed by atoms with Crippen molar-refractivity contribution in [3.63, 3.8) is 0 Å². The third-order valence-corrected chi connectivity index (χ3v) is 4.45. The number of nitrogens with zero attached hydrogens (tertiary/aromatic N) is 3. The Hall–Kier alpha value is -3.29. The van der Waals surface area contributed by atoms with Crippen LogP contribution in [0.15, 0.2) is 30.5 Å². The Kier molecular flexibility index (Phi) is 5.63. The van der Waals surface area contributed by atoms with Gasteiger partial charge in [0.25, 0.3) is 5.91 Å². The summed E-state index contributed by atoms with van der Waals surface area (Å²) in [6.45, 7) is 9.30. The number of aromatic nitrogens is 3. The van der Waals surface area contributed by atoms with E-state index in [9.17, 15) is 14.0 Å². The van der Waals surface area contributed by atoms with Gasteiger partial charge in [-0.3, -0.25) is 9.59 Å². The second kappa shape index (κ2) is 7.98. The molecule has 0 fully saturated rings. The molecule has 2 heterocycles. The molecule has 8 heteroatoms. The van der Waals surface area contributed by atoms with E-state index in [2.05, 4.69) is 20.7 Å². The summed E-state index contributed by atoms with van der Waals surface area (Å²) in [4.78, 5) is 29.0. The molecule has 0 atom stereocenters. The predicted octanol–water partition coefficient (Wildman–Crippen LogP) is 4.49. The quantitative estimate of drug-likeness (QED) is 0.664. The smallest absolute Gasteiger partial charge is 0.256 e. The summed E-state index contributed by atoms with van der Waals surface area (Å²) in [7, 11) is 0. The third-order valence-electron chi connectivity index (χ3n) is 4.45. The average molecular weight is 397 g/mol. The number of carbonyl (C=O) groups is 2. The fraction of sp³-hybridized carbons (Fsp3) is 0.333. The lowest BCUT2D eigenvalue weighted by Crippen LogP contribution is -2.15. The normalized spacial score (nSPS) is 11.3. The van der Waals surface area contributed by atoms with Crippen molar-refractivity contribution in [3.8, 4) is 0 Å². The fourth-order valence-corrected chi connectivity index (χ4v) is 2.99. The zero-order chi connectivity index (χ0) is 21.3. The predicted molar refractivity (Wildman–Crippen MR) is 111 cm³/mol. The van der Waals surface area contributed by atoms with E-state index < -0.39 is 11.7 Å². The Morgan fingerprint density at radius 2 is 1.83 bits per heavy atom. The molecule has 29 heavy (non-hydrogen) atoms. The van der Waals surface area contributed by atoms with E-state index in [4.69, 9.17) is 0 Å². The zero-order valence-electron chi connectivity index (χ0n) is 17.1. The molecular formula is C21H24FN5O2. The van der Waals surface area contributed by atoms with Gasteiger partial charge in [0.2, 0.25) is 5.91 Å². The number of nitrogens with one attached hydrogen (secondary N) is 2. The first-order chi connectivity index (χ1) is 13.7. The van der Waals surface area contributed by atoms with Gasteiger partial charge in [0.1, 0.15) is 5.82 Å². The van der Waals surface area contributed by atoms with Crippen molar-refractivity contribution >= 4 is 34.2 Å². The van der Waals surface area contributed by atoms with Crippen LogP contribution in [0.2, 0.25) is 0 Å². The summed E-state index contributed by atoms with van der Waals surface area (Å²) in [5.41, 5.74) is 2.24. The lowest BCUT2D eigenvalue weighted by molar-refractivity contribution is -0.114. The Labute approximate surface area is 168 Å². The fourth-order valence-electron chi connectivity index (χ4n) is 2.99. The molecule has 0 aliphatic heterocycles. The Balaban J connectivity index is 2.02. The van der Waals surface area contributed by atoms with Crippen LogP contribution in [0, 0.1) is 5.82 Å². The molecule has 3 rings (SSSR count). The first kappa shape index (κ1) is 20.4. The van der Waals surface area contributed by atoms with Gasteiger partial charge in [0, 0.05) is 24.3 Å². The molecule has 3 aromatic rings. The molecule has 0 unspecified atom stereocenters. The summed E-state index contributed by atoms with van der Waals surface area (Å²) in [5, 5.41) is 10.2. The summed E-state index contributed by atoms with van der Waals surface area (Å²) in [6, 6.07) is 5.87. The highest BCUT2D eigenvalue weighted by atomic mass is 19.1. The van der Waals surface area contributed by atoms with Gasteiger partial charge in [0.15, 0.2) is 5.65 Å². The molecule has 0 radical (unpaired) electrons. The van der Waals surface area contributed by atoms with Crippen molar-refractivity contribution in [1.29, 1.82) is 0 Å². The van der Waals surface area contributed by atoms with Crippen molar-refractivity contribution in [1.82, 2.24) is 14.8 Å². The zero-order valence-corrected chi connectivity index (χ0v) is 17.1. The monoisotopic (exact) mass is 397 g/mol. The first-order valence-electron chi connectivity index (χ1n) is 9.44. The number of hydrogen-bond donors (Lipinski definition) is 2. The van der Waals surface area contributed by atoms with Gasteiger partial charge in [-0.05, 0) is 44.0 Å². The topological polar surface area (TPSA) is 88.9 Å². The van der Waals surface area contributed by atoms with Gasteiger partial charge in [0.05, 0.1) is 22.8 Å². The molecule has 2 N–H and O–H groups in total. The third kappa shape index (κ3) is 4.26. The van der Waals surface area contributed by atoms with Crippen LogP contribution >= 0.6 is 0 Å². The number of benzene rings is 1. The molecular weight excluding hydrogens is 373 g/mol. The van der Waals surface area contributed by atoms with E-state index in [1.165, 1.54) is 25.1 Å². The summed E-state index contributed by atoms with van der Waals surface area (Å²) in [5.74, 6) is -1.21. The van der Waals surface area contributed by atoms with Gasteiger partial charge in [-0.1, -0.05) is 13.8 Å². The lowest BCUT2D eigenvalue weighted by Gasteiger charge is -2.13. The Morgan fingerprint density at radius 1 is 1.10 bits per heavy atom. The van der Waals surface area contributed by atoms with E-state index >= 15 is 0 Å². The molecule has 0 aliphatic carbocycles. The second-order valence-electron chi connectivity index (χ2n) is 7.50. The number of amides is 2. The van der Waals surface area contributed by atoms with Crippen LogP contribution in [0.5, 0.6) is 0 Å². The Morgan fingerprint density at radius 3 is 2.45 bits per heavy atom. The first-order valence-corrected chi connectivity index (χ1v) is 9.44. The van der Waals surface area contributed by atoms with E-state index in [-0.39, 0.29) is 23.6 Å². The molecule has 0 saturated heterocycles. The average Bonchev–Trinajstić information content (AvgIpc) is 3.07. The molecule has 2 aromatic heterocycles. The molecule has 0 aliphatic rings. The summed E-state index contributed by atoms with van der Waals surface area (Å²) < 4.78 is 15.7. The number of fused-ring (bicyclic) bond motifs is 1. The van der Waals surface area contributed by atoms with Gasteiger partial charge >= 0.3 is 0 Å². The standard InChI is InChI=1S/C21H24FN5O2/c1-11(2)18-9-15(16-10-23-27(12(3)4)20(16)26-18)21(29)25-14-6-7-17(22)19(8-14)24-13(5)28/h6-12H,1-5H3,(H,24,28)(H,25,29). The van der Waals surface area contributed by atoms with Gasteiger partial charge in [-0.15, -0.1) is 0 Å². The number of pyridine rings is 1. The highest BCUT2D eigenvalue weighted by molar-refractivity contribution is 6.12. The Bertz CT molecular complexity index is 1090. The number of rotatable bonds is 5. The van der Waals surface area contributed by atoms with Crippen molar-refractivity contribution < 1.29 is 14.0 Å². The minimum Gasteiger partial charge on any atom is -0.324 e. The molecule has 2 amide bonds. The highest BCUT2D eigenvalue weighted by Gasteiger charge is 2.19. The minimum atomic E-state index is -0.579. The van der Waals surface area contributed by atoms with Crippen LogP contribution in [-0.4, -0.2) is 26.6 Å². The van der Waals surface area contributed by atoms with Gasteiger partial charge < -0.3 is 10.6 Å². The minimum absolute atomic E-state index is 0.00525. The van der Waals surface area contributed by atoms with Crippen LogP contribution in [0.4, 0.5) is 15.8 Å². The largest absolute Gasteiger partial charge is 0.324 e. The lowest BCUT2D eigenvalue weighted by atomic mass is 10.0.